The number of methoxy groups -OCH3 is 1. The molecule has 0 bridgehead atoms. The minimum absolute atomic E-state index is 0.00891. The van der Waals surface area contributed by atoms with Crippen molar-refractivity contribution in [1.82, 2.24) is 4.31 Å². The summed E-state index contributed by atoms with van der Waals surface area (Å²) in [6, 6.07) is 16.4. The van der Waals surface area contributed by atoms with Gasteiger partial charge in [0.15, 0.2) is 0 Å². The molecule has 9 heteroatoms. The lowest BCUT2D eigenvalue weighted by atomic mass is 10.1. The molecule has 0 aromatic heterocycles. The lowest BCUT2D eigenvalue weighted by Crippen LogP contribution is -2.39. The molecule has 0 spiro atoms. The maximum atomic E-state index is 13.9. The zero-order valence-electron chi connectivity index (χ0n) is 18.2. The van der Waals surface area contributed by atoms with Gasteiger partial charge in [0.05, 0.1) is 24.2 Å². The van der Waals surface area contributed by atoms with Gasteiger partial charge in [-0.05, 0) is 54.8 Å². The summed E-state index contributed by atoms with van der Waals surface area (Å²) in [6.45, 7) is 1.20. The fourth-order valence-corrected chi connectivity index (χ4v) is 4.77. The van der Waals surface area contributed by atoms with Crippen LogP contribution in [0.1, 0.15) is 11.1 Å². The zero-order valence-corrected chi connectivity index (χ0v) is 19.0. The highest BCUT2D eigenvalue weighted by molar-refractivity contribution is 7.89. The molecule has 0 unspecified atom stereocenters. The minimum Gasteiger partial charge on any atom is -0.496 e. The topological polar surface area (TPSA) is 75.7 Å². The first-order valence-electron chi connectivity index (χ1n) is 10.1. The first-order chi connectivity index (χ1) is 15.7. The molecular weight excluding hydrogens is 450 g/mol. The molecule has 6 nitrogen and oxygen atoms in total. The van der Waals surface area contributed by atoms with Gasteiger partial charge in [-0.1, -0.05) is 30.3 Å². The van der Waals surface area contributed by atoms with Crippen molar-refractivity contribution < 1.29 is 26.7 Å². The molecule has 1 amide bonds. The highest BCUT2D eigenvalue weighted by Crippen LogP contribution is 2.24. The summed E-state index contributed by atoms with van der Waals surface area (Å²) in [6.07, 6.45) is 0.368. The number of nitrogens with one attached hydrogen (secondary N) is 1. The summed E-state index contributed by atoms with van der Waals surface area (Å²) in [4.78, 5) is 12.6. The maximum Gasteiger partial charge on any atom is 0.243 e. The second kappa shape index (κ2) is 10.5. The van der Waals surface area contributed by atoms with Crippen LogP contribution in [0.25, 0.3) is 0 Å². The van der Waals surface area contributed by atoms with Crippen LogP contribution in [0.4, 0.5) is 14.5 Å². The van der Waals surface area contributed by atoms with E-state index in [1.54, 1.807) is 13.0 Å². The Morgan fingerprint density at radius 3 is 2.39 bits per heavy atom. The van der Waals surface area contributed by atoms with E-state index in [1.807, 2.05) is 30.3 Å². The number of hydrogen-bond acceptors (Lipinski definition) is 4. The highest BCUT2D eigenvalue weighted by atomic mass is 32.2. The van der Waals surface area contributed by atoms with Crippen LogP contribution in [0.15, 0.2) is 71.6 Å². The van der Waals surface area contributed by atoms with Gasteiger partial charge in [-0.15, -0.1) is 0 Å². The quantitative estimate of drug-likeness (QED) is 0.506. The third kappa shape index (κ3) is 6.15. The van der Waals surface area contributed by atoms with Gasteiger partial charge in [-0.2, -0.15) is 4.31 Å². The SMILES string of the molecule is COc1ccc(S(=O)(=O)N(CCc2ccccc2)CC(=O)Nc2ccc(F)cc2F)cc1C. The van der Waals surface area contributed by atoms with Crippen LogP contribution in [0.5, 0.6) is 5.75 Å². The summed E-state index contributed by atoms with van der Waals surface area (Å²) in [5, 5.41) is 2.31. The van der Waals surface area contributed by atoms with Crippen LogP contribution < -0.4 is 10.1 Å². The summed E-state index contributed by atoms with van der Waals surface area (Å²) >= 11 is 0. The van der Waals surface area contributed by atoms with Gasteiger partial charge < -0.3 is 10.1 Å². The summed E-state index contributed by atoms with van der Waals surface area (Å²) < 4.78 is 60.1. The largest absolute Gasteiger partial charge is 0.496 e. The van der Waals surface area contributed by atoms with Crippen LogP contribution in [0.2, 0.25) is 0 Å². The molecule has 3 rings (SSSR count). The second-order valence-electron chi connectivity index (χ2n) is 7.38. The van der Waals surface area contributed by atoms with Crippen molar-refractivity contribution in [2.45, 2.75) is 18.2 Å². The van der Waals surface area contributed by atoms with E-state index in [0.29, 0.717) is 23.8 Å². The smallest absolute Gasteiger partial charge is 0.243 e. The van der Waals surface area contributed by atoms with Gasteiger partial charge in [0.25, 0.3) is 0 Å². The number of hydrogen-bond donors (Lipinski definition) is 1. The van der Waals surface area contributed by atoms with Gasteiger partial charge in [0.2, 0.25) is 15.9 Å². The van der Waals surface area contributed by atoms with E-state index in [9.17, 15) is 22.0 Å². The van der Waals surface area contributed by atoms with Gasteiger partial charge in [-0.25, -0.2) is 17.2 Å². The number of aryl methyl sites for hydroxylation is 1. The average molecular weight is 475 g/mol. The van der Waals surface area contributed by atoms with E-state index in [4.69, 9.17) is 4.74 Å². The number of ether oxygens (including phenoxy) is 1. The number of carbonyl (C=O) groups excluding carboxylic acids is 1. The molecule has 0 saturated heterocycles. The molecule has 0 aliphatic heterocycles. The Labute approximate surface area is 191 Å². The maximum absolute atomic E-state index is 13.9. The Hall–Kier alpha value is -3.30. The molecule has 33 heavy (non-hydrogen) atoms. The first-order valence-corrected chi connectivity index (χ1v) is 11.6. The van der Waals surface area contributed by atoms with Gasteiger partial charge in [0.1, 0.15) is 17.4 Å². The third-order valence-corrected chi connectivity index (χ3v) is 6.86. The number of sulfonamides is 1. The van der Waals surface area contributed by atoms with Crippen molar-refractivity contribution in [2.24, 2.45) is 0 Å². The molecule has 3 aromatic carbocycles. The number of halogens is 2. The van der Waals surface area contributed by atoms with E-state index in [2.05, 4.69) is 5.32 Å². The van der Waals surface area contributed by atoms with E-state index in [0.717, 1.165) is 22.0 Å². The lowest BCUT2D eigenvalue weighted by molar-refractivity contribution is -0.116. The van der Waals surface area contributed by atoms with Crippen molar-refractivity contribution in [1.29, 1.82) is 0 Å². The molecule has 0 saturated carbocycles. The lowest BCUT2D eigenvalue weighted by Gasteiger charge is -2.22. The van der Waals surface area contributed by atoms with Crippen molar-refractivity contribution in [2.75, 3.05) is 25.5 Å². The third-order valence-electron chi connectivity index (χ3n) is 5.02. The Kier molecular flexibility index (Phi) is 7.78. The predicted molar refractivity (Wildman–Crippen MR) is 122 cm³/mol. The molecule has 0 aliphatic rings. The zero-order chi connectivity index (χ0) is 24.0. The monoisotopic (exact) mass is 474 g/mol. The van der Waals surface area contributed by atoms with Crippen molar-refractivity contribution in [3.8, 4) is 5.75 Å². The van der Waals surface area contributed by atoms with Gasteiger partial charge in [0, 0.05) is 12.6 Å². The number of anilines is 1. The minimum atomic E-state index is -4.06. The van der Waals surface area contributed by atoms with Crippen LogP contribution in [0.3, 0.4) is 0 Å². The Bertz CT molecular complexity index is 1230. The number of nitrogens with zero attached hydrogens (tertiary/aromatic N) is 1. The van der Waals surface area contributed by atoms with E-state index < -0.39 is 34.1 Å². The first kappa shape index (κ1) is 24.3. The number of rotatable bonds is 9. The van der Waals surface area contributed by atoms with Crippen LogP contribution in [-0.2, 0) is 21.2 Å². The number of benzene rings is 3. The van der Waals surface area contributed by atoms with Crippen LogP contribution >= 0.6 is 0 Å². The van der Waals surface area contributed by atoms with Gasteiger partial charge >= 0.3 is 0 Å². The molecule has 0 fully saturated rings. The molecule has 0 heterocycles. The number of carbonyl (C=O) groups is 1. The van der Waals surface area contributed by atoms with Gasteiger partial charge in [-0.3, -0.25) is 4.79 Å². The second-order valence-corrected chi connectivity index (χ2v) is 9.32. The molecule has 0 aliphatic carbocycles. The van der Waals surface area contributed by atoms with Crippen molar-refractivity contribution in [3.63, 3.8) is 0 Å². The summed E-state index contributed by atoms with van der Waals surface area (Å²) in [5.74, 6) is -1.95. The average Bonchev–Trinajstić information content (AvgIpc) is 2.79. The van der Waals surface area contributed by atoms with E-state index in [-0.39, 0.29) is 17.1 Å². The van der Waals surface area contributed by atoms with Crippen molar-refractivity contribution in [3.05, 3.63) is 89.5 Å². The standard InChI is InChI=1S/C24H24F2N2O4S/c1-17-14-20(9-11-23(17)32-2)33(30,31)28(13-12-18-6-4-3-5-7-18)16-24(29)27-22-10-8-19(25)15-21(22)26/h3-11,14-15H,12-13,16H2,1-2H3,(H,27,29). The molecule has 1 N–H and O–H groups in total. The van der Waals surface area contributed by atoms with E-state index in [1.165, 1.54) is 19.2 Å². The van der Waals surface area contributed by atoms with Crippen molar-refractivity contribution >= 4 is 21.6 Å². The Morgan fingerprint density at radius 2 is 1.76 bits per heavy atom. The summed E-state index contributed by atoms with van der Waals surface area (Å²) in [5.41, 5.74) is 1.29. The molecular formula is C24H24F2N2O4S. The normalized spacial score (nSPS) is 11.4. The molecule has 174 valence electrons. The fourth-order valence-electron chi connectivity index (χ4n) is 3.28. The molecule has 3 aromatic rings. The highest BCUT2D eigenvalue weighted by Gasteiger charge is 2.27. The predicted octanol–water partition coefficient (Wildman–Crippen LogP) is 4.15. The molecule has 0 atom stereocenters. The van der Waals surface area contributed by atoms with E-state index >= 15 is 0 Å². The van der Waals surface area contributed by atoms with Crippen LogP contribution in [0, 0.1) is 18.6 Å². The van der Waals surface area contributed by atoms with Crippen LogP contribution in [-0.4, -0.2) is 38.8 Å². The Balaban J connectivity index is 1.86. The Morgan fingerprint density at radius 1 is 1.03 bits per heavy atom. The summed E-state index contributed by atoms with van der Waals surface area (Å²) in [7, 11) is -2.57. The fraction of sp³-hybridized carbons (Fsp3) is 0.208. The molecule has 0 radical (unpaired) electrons. The number of amides is 1.